The molecule has 0 aromatic heterocycles. The summed E-state index contributed by atoms with van der Waals surface area (Å²) in [6, 6.07) is 8.98. The standard InChI is InChI=1S/C17H24N2O/c20-17(18-16-9-3-1-2-4-10-16)19-12-11-14-7-5-6-8-15(14)13-19/h5-8,16H,1-4,9-13H2,(H,18,20). The maximum Gasteiger partial charge on any atom is 0.317 e. The van der Waals surface area contributed by atoms with Crippen molar-refractivity contribution in [1.29, 1.82) is 0 Å². The Kier molecular flexibility index (Phi) is 4.24. The van der Waals surface area contributed by atoms with Crippen molar-refractivity contribution < 1.29 is 4.79 Å². The second kappa shape index (κ2) is 6.29. The molecule has 1 heterocycles. The third-order valence-electron chi connectivity index (χ3n) is 4.60. The van der Waals surface area contributed by atoms with Crippen LogP contribution in [0.1, 0.15) is 49.7 Å². The van der Waals surface area contributed by atoms with Crippen molar-refractivity contribution in [2.24, 2.45) is 0 Å². The van der Waals surface area contributed by atoms with Crippen molar-refractivity contribution in [1.82, 2.24) is 10.2 Å². The molecule has 1 aliphatic heterocycles. The van der Waals surface area contributed by atoms with Crippen molar-refractivity contribution in [2.45, 2.75) is 57.5 Å². The molecule has 0 radical (unpaired) electrons. The number of carbonyl (C=O) groups is 1. The Morgan fingerprint density at radius 1 is 1.05 bits per heavy atom. The molecule has 2 aliphatic rings. The van der Waals surface area contributed by atoms with Crippen LogP contribution in [-0.4, -0.2) is 23.5 Å². The number of hydrogen-bond donors (Lipinski definition) is 1. The van der Waals surface area contributed by atoms with E-state index in [2.05, 4.69) is 29.6 Å². The van der Waals surface area contributed by atoms with E-state index in [-0.39, 0.29) is 6.03 Å². The number of urea groups is 1. The molecule has 0 spiro atoms. The minimum Gasteiger partial charge on any atom is -0.335 e. The molecule has 1 N–H and O–H groups in total. The van der Waals surface area contributed by atoms with E-state index >= 15 is 0 Å². The Labute approximate surface area is 121 Å². The van der Waals surface area contributed by atoms with Crippen LogP contribution in [0.5, 0.6) is 0 Å². The highest BCUT2D eigenvalue weighted by Crippen LogP contribution is 2.20. The summed E-state index contributed by atoms with van der Waals surface area (Å²) in [5.41, 5.74) is 2.70. The first-order valence-electron chi connectivity index (χ1n) is 7.95. The molecule has 2 amide bonds. The number of carbonyl (C=O) groups excluding carboxylic acids is 1. The van der Waals surface area contributed by atoms with Crippen LogP contribution >= 0.6 is 0 Å². The molecule has 0 saturated heterocycles. The van der Waals surface area contributed by atoms with E-state index in [1.807, 2.05) is 4.90 Å². The fourth-order valence-corrected chi connectivity index (χ4v) is 3.36. The van der Waals surface area contributed by atoms with Gasteiger partial charge >= 0.3 is 6.03 Å². The van der Waals surface area contributed by atoms with E-state index in [4.69, 9.17) is 0 Å². The van der Waals surface area contributed by atoms with Gasteiger partial charge in [-0.1, -0.05) is 49.9 Å². The zero-order chi connectivity index (χ0) is 13.8. The molecule has 1 aromatic rings. The Morgan fingerprint density at radius 2 is 1.75 bits per heavy atom. The molecule has 1 aromatic carbocycles. The van der Waals surface area contributed by atoms with Crippen molar-refractivity contribution >= 4 is 6.03 Å². The highest BCUT2D eigenvalue weighted by molar-refractivity contribution is 5.75. The summed E-state index contributed by atoms with van der Waals surface area (Å²) in [6.45, 7) is 1.60. The van der Waals surface area contributed by atoms with Gasteiger partial charge in [-0.2, -0.15) is 0 Å². The summed E-state index contributed by atoms with van der Waals surface area (Å²) >= 11 is 0. The first-order chi connectivity index (χ1) is 9.83. The van der Waals surface area contributed by atoms with Gasteiger partial charge in [-0.15, -0.1) is 0 Å². The fourth-order valence-electron chi connectivity index (χ4n) is 3.36. The van der Waals surface area contributed by atoms with Crippen LogP contribution in [0.25, 0.3) is 0 Å². The van der Waals surface area contributed by atoms with Crippen LogP contribution in [-0.2, 0) is 13.0 Å². The quantitative estimate of drug-likeness (QED) is 0.780. The number of benzene rings is 1. The average Bonchev–Trinajstić information content (AvgIpc) is 2.75. The van der Waals surface area contributed by atoms with Crippen molar-refractivity contribution in [2.75, 3.05) is 6.54 Å². The summed E-state index contributed by atoms with van der Waals surface area (Å²) in [4.78, 5) is 14.4. The first-order valence-corrected chi connectivity index (χ1v) is 7.95. The molecule has 3 heteroatoms. The lowest BCUT2D eigenvalue weighted by Gasteiger charge is -2.30. The largest absolute Gasteiger partial charge is 0.335 e. The number of rotatable bonds is 1. The molecule has 0 unspecified atom stereocenters. The van der Waals surface area contributed by atoms with E-state index < -0.39 is 0 Å². The Morgan fingerprint density at radius 3 is 2.50 bits per heavy atom. The predicted octanol–water partition coefficient (Wildman–Crippen LogP) is 3.48. The van der Waals surface area contributed by atoms with Gasteiger partial charge in [-0.3, -0.25) is 0 Å². The molecule has 1 saturated carbocycles. The molecule has 1 fully saturated rings. The van der Waals surface area contributed by atoms with Crippen molar-refractivity contribution in [3.8, 4) is 0 Å². The normalized spacial score (nSPS) is 20.1. The number of nitrogens with zero attached hydrogens (tertiary/aromatic N) is 1. The van der Waals surface area contributed by atoms with E-state index in [0.717, 1.165) is 32.4 Å². The summed E-state index contributed by atoms with van der Waals surface area (Å²) in [7, 11) is 0. The van der Waals surface area contributed by atoms with Gasteiger partial charge in [0.05, 0.1) is 0 Å². The highest BCUT2D eigenvalue weighted by atomic mass is 16.2. The lowest BCUT2D eigenvalue weighted by molar-refractivity contribution is 0.187. The van der Waals surface area contributed by atoms with Gasteiger partial charge in [-0.25, -0.2) is 4.79 Å². The fraction of sp³-hybridized carbons (Fsp3) is 0.588. The van der Waals surface area contributed by atoms with Crippen LogP contribution in [0.4, 0.5) is 4.79 Å². The second-order valence-corrected chi connectivity index (χ2v) is 6.08. The summed E-state index contributed by atoms with van der Waals surface area (Å²) in [5.74, 6) is 0. The third kappa shape index (κ3) is 3.14. The van der Waals surface area contributed by atoms with Crippen LogP contribution in [0.15, 0.2) is 24.3 Å². The zero-order valence-corrected chi connectivity index (χ0v) is 12.1. The molecule has 3 rings (SSSR count). The van der Waals surface area contributed by atoms with E-state index in [0.29, 0.717) is 6.04 Å². The predicted molar refractivity (Wildman–Crippen MR) is 80.6 cm³/mol. The van der Waals surface area contributed by atoms with Gasteiger partial charge in [0.1, 0.15) is 0 Å². The SMILES string of the molecule is O=C(NC1CCCCCC1)N1CCc2ccccc2C1. The number of nitrogens with one attached hydrogen (secondary N) is 1. The Bertz CT molecular complexity index is 464. The minimum absolute atomic E-state index is 0.131. The van der Waals surface area contributed by atoms with Gasteiger partial charge in [0.15, 0.2) is 0 Å². The highest BCUT2D eigenvalue weighted by Gasteiger charge is 2.22. The van der Waals surface area contributed by atoms with Crippen molar-refractivity contribution in [3.63, 3.8) is 0 Å². The van der Waals surface area contributed by atoms with Gasteiger partial charge in [0.2, 0.25) is 0 Å². The monoisotopic (exact) mass is 272 g/mol. The van der Waals surface area contributed by atoms with Crippen LogP contribution in [0.2, 0.25) is 0 Å². The maximum absolute atomic E-state index is 12.4. The molecule has 3 nitrogen and oxygen atoms in total. The summed E-state index contributed by atoms with van der Waals surface area (Å²) in [6.07, 6.45) is 8.44. The second-order valence-electron chi connectivity index (χ2n) is 6.08. The average molecular weight is 272 g/mol. The molecule has 20 heavy (non-hydrogen) atoms. The van der Waals surface area contributed by atoms with Gasteiger partial charge in [0.25, 0.3) is 0 Å². The van der Waals surface area contributed by atoms with E-state index in [1.54, 1.807) is 0 Å². The summed E-state index contributed by atoms with van der Waals surface area (Å²) < 4.78 is 0. The maximum atomic E-state index is 12.4. The molecule has 0 atom stereocenters. The Hall–Kier alpha value is -1.51. The van der Waals surface area contributed by atoms with E-state index in [1.165, 1.54) is 36.8 Å². The number of amides is 2. The molecule has 108 valence electrons. The van der Waals surface area contributed by atoms with Crippen LogP contribution in [0.3, 0.4) is 0 Å². The summed E-state index contributed by atoms with van der Waals surface area (Å²) in [5, 5.41) is 3.25. The molecular weight excluding hydrogens is 248 g/mol. The smallest absolute Gasteiger partial charge is 0.317 e. The van der Waals surface area contributed by atoms with Crippen LogP contribution < -0.4 is 5.32 Å². The number of hydrogen-bond acceptors (Lipinski definition) is 1. The number of fused-ring (bicyclic) bond motifs is 1. The van der Waals surface area contributed by atoms with Crippen molar-refractivity contribution in [3.05, 3.63) is 35.4 Å². The minimum atomic E-state index is 0.131. The first kappa shape index (κ1) is 13.5. The third-order valence-corrected chi connectivity index (χ3v) is 4.60. The van der Waals surface area contributed by atoms with Gasteiger partial charge in [-0.05, 0) is 30.4 Å². The lowest BCUT2D eigenvalue weighted by atomic mass is 10.0. The molecule has 0 bridgehead atoms. The van der Waals surface area contributed by atoms with Gasteiger partial charge < -0.3 is 10.2 Å². The van der Waals surface area contributed by atoms with Crippen LogP contribution in [0, 0.1) is 0 Å². The molecule has 1 aliphatic carbocycles. The van der Waals surface area contributed by atoms with E-state index in [9.17, 15) is 4.79 Å². The van der Waals surface area contributed by atoms with Gasteiger partial charge in [0, 0.05) is 19.1 Å². The topological polar surface area (TPSA) is 32.3 Å². The molecular formula is C17H24N2O. The lowest BCUT2D eigenvalue weighted by Crippen LogP contribution is -2.46. The zero-order valence-electron chi connectivity index (χ0n) is 12.1. The Balaban J connectivity index is 1.58.